The first-order valence-corrected chi connectivity index (χ1v) is 8.11. The molecule has 0 aliphatic heterocycles. The molecule has 2 rings (SSSR count). The number of carbonyl (C=O) groups is 1. The lowest BCUT2D eigenvalue weighted by Crippen LogP contribution is -2.39. The molecule has 0 amide bonds. The monoisotopic (exact) mass is 347 g/mol. The molecule has 2 aromatic rings. The fourth-order valence-corrected chi connectivity index (χ4v) is 2.14. The third-order valence-corrected chi connectivity index (χ3v) is 3.51. The number of aryl methyl sites for hydroxylation is 1. The van der Waals surface area contributed by atoms with E-state index >= 15 is 0 Å². The van der Waals surface area contributed by atoms with Gasteiger partial charge in [0.25, 0.3) is 0 Å². The molecule has 0 N–H and O–H groups in total. The van der Waals surface area contributed by atoms with Crippen LogP contribution in [0.25, 0.3) is 11.3 Å². The molecule has 0 spiro atoms. The Morgan fingerprint density at radius 2 is 1.80 bits per heavy atom. The molecule has 0 saturated heterocycles. The fraction of sp³-hybridized carbons (Fsp3) is 0.588. The molecule has 0 aromatic carbocycles. The summed E-state index contributed by atoms with van der Waals surface area (Å²) in [7, 11) is 0. The number of aromatic nitrogens is 5. The van der Waals surface area contributed by atoms with E-state index < -0.39 is 11.2 Å². The van der Waals surface area contributed by atoms with Crippen LogP contribution in [0.3, 0.4) is 0 Å². The van der Waals surface area contributed by atoms with Crippen LogP contribution in [0.15, 0.2) is 18.6 Å². The van der Waals surface area contributed by atoms with Crippen LogP contribution in [0.1, 0.15) is 33.5 Å². The summed E-state index contributed by atoms with van der Waals surface area (Å²) >= 11 is 0. The zero-order chi connectivity index (χ0) is 18.5. The number of hydrogen-bond donors (Lipinski definition) is 0. The van der Waals surface area contributed by atoms with Gasteiger partial charge in [-0.3, -0.25) is 0 Å². The molecular formula is C17H25N5O3. The second-order valence-corrected chi connectivity index (χ2v) is 7.11. The van der Waals surface area contributed by atoms with Gasteiger partial charge in [0.15, 0.2) is 0 Å². The molecule has 2 aromatic heterocycles. The minimum absolute atomic E-state index is 0.0574. The van der Waals surface area contributed by atoms with E-state index in [0.29, 0.717) is 24.7 Å². The second-order valence-electron chi connectivity index (χ2n) is 7.11. The predicted octanol–water partition coefficient (Wildman–Crippen LogP) is 1.83. The van der Waals surface area contributed by atoms with E-state index in [1.54, 1.807) is 17.1 Å². The quantitative estimate of drug-likeness (QED) is 0.639. The second kappa shape index (κ2) is 7.79. The van der Waals surface area contributed by atoms with Gasteiger partial charge in [0.1, 0.15) is 24.4 Å². The van der Waals surface area contributed by atoms with E-state index in [1.165, 1.54) is 0 Å². The summed E-state index contributed by atoms with van der Waals surface area (Å²) in [5.74, 6) is 0.713. The van der Waals surface area contributed by atoms with E-state index in [9.17, 15) is 4.79 Å². The zero-order valence-electron chi connectivity index (χ0n) is 15.4. The Hall–Kier alpha value is -2.19. The lowest BCUT2D eigenvalue weighted by Gasteiger charge is -2.31. The molecule has 8 heteroatoms. The highest BCUT2D eigenvalue weighted by molar-refractivity contribution is 5.54. The topological polar surface area (TPSA) is 92.0 Å². The molecule has 2 heterocycles. The Labute approximate surface area is 147 Å². The Balaban J connectivity index is 1.96. The Bertz CT molecular complexity index is 695. The molecule has 8 nitrogen and oxygen atoms in total. The van der Waals surface area contributed by atoms with Gasteiger partial charge in [0.2, 0.25) is 0 Å². The zero-order valence-corrected chi connectivity index (χ0v) is 15.4. The van der Waals surface area contributed by atoms with Gasteiger partial charge in [-0.1, -0.05) is 5.21 Å². The van der Waals surface area contributed by atoms with Crippen LogP contribution >= 0.6 is 0 Å². The fourth-order valence-electron chi connectivity index (χ4n) is 2.14. The predicted molar refractivity (Wildman–Crippen MR) is 91.9 cm³/mol. The average molecular weight is 347 g/mol. The molecule has 0 radical (unpaired) electrons. The van der Waals surface area contributed by atoms with Crippen LogP contribution in [0.5, 0.6) is 0 Å². The summed E-state index contributed by atoms with van der Waals surface area (Å²) in [5, 5.41) is 8.31. The van der Waals surface area contributed by atoms with Crippen molar-refractivity contribution in [2.75, 3.05) is 13.2 Å². The van der Waals surface area contributed by atoms with Gasteiger partial charge < -0.3 is 14.3 Å². The Morgan fingerprint density at radius 1 is 1.12 bits per heavy atom. The van der Waals surface area contributed by atoms with Crippen LogP contribution in [-0.4, -0.2) is 55.7 Å². The molecule has 0 aliphatic carbocycles. The maximum absolute atomic E-state index is 10.4. The van der Waals surface area contributed by atoms with Crippen molar-refractivity contribution in [2.45, 2.75) is 52.4 Å². The number of carbonyl (C=O) groups excluding carboxylic acids is 1. The highest BCUT2D eigenvalue weighted by Crippen LogP contribution is 2.19. The van der Waals surface area contributed by atoms with Crippen molar-refractivity contribution in [3.8, 4) is 11.3 Å². The number of ether oxygens (including phenoxy) is 2. The molecule has 0 atom stereocenters. The first-order chi connectivity index (χ1) is 11.7. The molecule has 0 fully saturated rings. The maximum Gasteiger partial charge on any atom is 0.145 e. The van der Waals surface area contributed by atoms with E-state index in [-0.39, 0.29) is 6.61 Å². The summed E-state index contributed by atoms with van der Waals surface area (Å²) in [6.45, 7) is 10.5. The maximum atomic E-state index is 10.4. The van der Waals surface area contributed by atoms with E-state index in [0.717, 1.165) is 11.8 Å². The highest BCUT2D eigenvalue weighted by atomic mass is 16.6. The lowest BCUT2D eigenvalue weighted by molar-refractivity contribution is -0.135. The largest absolute Gasteiger partial charge is 0.371 e. The van der Waals surface area contributed by atoms with Crippen molar-refractivity contribution in [1.29, 1.82) is 0 Å². The third-order valence-electron chi connectivity index (χ3n) is 3.51. The van der Waals surface area contributed by atoms with E-state index in [4.69, 9.17) is 9.47 Å². The molecule has 0 bridgehead atoms. The highest BCUT2D eigenvalue weighted by Gasteiger charge is 2.26. The third kappa shape index (κ3) is 5.99. The number of aldehydes is 1. The summed E-state index contributed by atoms with van der Waals surface area (Å²) < 4.78 is 13.2. The van der Waals surface area contributed by atoms with Crippen LogP contribution in [0.4, 0.5) is 0 Å². The molecule has 0 saturated carbocycles. The average Bonchev–Trinajstić information content (AvgIpc) is 3.00. The lowest BCUT2D eigenvalue weighted by atomic mass is 10.1. The van der Waals surface area contributed by atoms with Crippen LogP contribution in [-0.2, 0) is 20.8 Å². The summed E-state index contributed by atoms with van der Waals surface area (Å²) in [6.07, 6.45) is 6.03. The Kier molecular flexibility index (Phi) is 5.97. The number of rotatable bonds is 9. The standard InChI is InChI=1S/C17H25N5O3/c1-13-18-8-14(9-19-13)15-10-22(21-20-15)11-16(2,3)25-12-17(4,5)24-7-6-23/h6,8-10H,7,11-12H2,1-5H3. The van der Waals surface area contributed by atoms with E-state index in [2.05, 4.69) is 20.3 Å². The van der Waals surface area contributed by atoms with Crippen LogP contribution in [0.2, 0.25) is 0 Å². The van der Waals surface area contributed by atoms with Gasteiger partial charge in [-0.25, -0.2) is 14.6 Å². The molecule has 0 unspecified atom stereocenters. The Morgan fingerprint density at radius 3 is 2.44 bits per heavy atom. The SMILES string of the molecule is Cc1ncc(-c2cn(CC(C)(C)OCC(C)(C)OCC=O)nn2)cn1. The van der Waals surface area contributed by atoms with Gasteiger partial charge in [0, 0.05) is 18.0 Å². The van der Waals surface area contributed by atoms with Crippen LogP contribution < -0.4 is 0 Å². The first kappa shape index (κ1) is 19.1. The summed E-state index contributed by atoms with van der Waals surface area (Å²) in [6, 6.07) is 0. The van der Waals surface area contributed by atoms with Crippen molar-refractivity contribution in [3.63, 3.8) is 0 Å². The normalized spacial score (nSPS) is 12.4. The summed E-state index contributed by atoms with van der Waals surface area (Å²) in [5.41, 5.74) is 0.519. The molecular weight excluding hydrogens is 322 g/mol. The van der Waals surface area contributed by atoms with Crippen molar-refractivity contribution in [1.82, 2.24) is 25.0 Å². The van der Waals surface area contributed by atoms with Crippen molar-refractivity contribution < 1.29 is 14.3 Å². The van der Waals surface area contributed by atoms with Gasteiger partial charge in [-0.2, -0.15) is 0 Å². The summed E-state index contributed by atoms with van der Waals surface area (Å²) in [4.78, 5) is 18.8. The van der Waals surface area contributed by atoms with Crippen molar-refractivity contribution in [3.05, 3.63) is 24.4 Å². The van der Waals surface area contributed by atoms with Gasteiger partial charge in [-0.15, -0.1) is 5.10 Å². The molecule has 25 heavy (non-hydrogen) atoms. The first-order valence-electron chi connectivity index (χ1n) is 8.11. The van der Waals surface area contributed by atoms with Crippen molar-refractivity contribution >= 4 is 6.29 Å². The van der Waals surface area contributed by atoms with Gasteiger partial charge >= 0.3 is 0 Å². The van der Waals surface area contributed by atoms with Gasteiger partial charge in [-0.05, 0) is 34.6 Å². The number of nitrogens with zero attached hydrogens (tertiary/aromatic N) is 5. The number of hydrogen-bond acceptors (Lipinski definition) is 7. The van der Waals surface area contributed by atoms with Crippen molar-refractivity contribution in [2.24, 2.45) is 0 Å². The minimum atomic E-state index is -0.537. The molecule has 136 valence electrons. The van der Waals surface area contributed by atoms with Crippen LogP contribution in [0, 0.1) is 6.92 Å². The van der Waals surface area contributed by atoms with Gasteiger partial charge in [0.05, 0.1) is 30.6 Å². The minimum Gasteiger partial charge on any atom is -0.371 e. The van der Waals surface area contributed by atoms with E-state index in [1.807, 2.05) is 40.8 Å². The smallest absolute Gasteiger partial charge is 0.145 e. The molecule has 0 aliphatic rings.